The van der Waals surface area contributed by atoms with Crippen molar-refractivity contribution in [3.63, 3.8) is 0 Å². The Kier molecular flexibility index (Phi) is 5.14. The Labute approximate surface area is 90.5 Å². The average Bonchev–Trinajstić information content (AvgIpc) is 2.16. The van der Waals surface area contributed by atoms with E-state index in [1.54, 1.807) is 0 Å². The first-order valence-corrected chi connectivity index (χ1v) is 6.07. The van der Waals surface area contributed by atoms with Crippen molar-refractivity contribution in [1.29, 1.82) is 0 Å². The Hall–Kier alpha value is -0.0400. The maximum atomic E-state index is 6.33. The monoisotopic (exact) mass is 199 g/mol. The van der Waals surface area contributed by atoms with Gasteiger partial charge in [0.1, 0.15) is 0 Å². The summed E-state index contributed by atoms with van der Waals surface area (Å²) < 4.78 is 0. The molecule has 0 aliphatic carbocycles. The van der Waals surface area contributed by atoms with Crippen molar-refractivity contribution < 1.29 is 0 Å². The van der Waals surface area contributed by atoms with Gasteiger partial charge in [0, 0.05) is 6.04 Å². The molecule has 0 radical (unpaired) electrons. The summed E-state index contributed by atoms with van der Waals surface area (Å²) in [7, 11) is 0. The molecule has 0 spiro atoms. The fourth-order valence-electron chi connectivity index (χ4n) is 1.76. The van der Waals surface area contributed by atoms with E-state index in [-0.39, 0.29) is 0 Å². The van der Waals surface area contributed by atoms with Gasteiger partial charge in [-0.3, -0.25) is 0 Å². The van der Waals surface area contributed by atoms with Crippen LogP contribution in [-0.2, 0) is 0 Å². The van der Waals surface area contributed by atoms with Gasteiger partial charge in [-0.05, 0) is 30.1 Å². The minimum absolute atomic E-state index is 0.326. The molecule has 1 nitrogen and oxygen atoms in total. The molecular formula is C13H29N. The van der Waals surface area contributed by atoms with Crippen LogP contribution in [0.1, 0.15) is 67.2 Å². The van der Waals surface area contributed by atoms with E-state index in [0.717, 1.165) is 6.42 Å². The molecule has 0 aliphatic heterocycles. The predicted octanol–water partition coefficient (Wildman–Crippen LogP) is 3.97. The van der Waals surface area contributed by atoms with Crippen LogP contribution in [0.15, 0.2) is 0 Å². The summed E-state index contributed by atoms with van der Waals surface area (Å²) in [4.78, 5) is 0. The summed E-state index contributed by atoms with van der Waals surface area (Å²) in [5, 5.41) is 0. The normalized spacial score (nSPS) is 15.6. The van der Waals surface area contributed by atoms with E-state index in [1.165, 1.54) is 19.3 Å². The Morgan fingerprint density at radius 3 is 1.64 bits per heavy atom. The standard InChI is InChI=1S/C13H29N/c1-7-12(4,5)10-11(14)13(6,8-2)9-3/h11H,7-10,14H2,1-6H3. The van der Waals surface area contributed by atoms with Crippen molar-refractivity contribution in [2.75, 3.05) is 0 Å². The van der Waals surface area contributed by atoms with E-state index in [4.69, 9.17) is 5.73 Å². The maximum Gasteiger partial charge on any atom is 0.00977 e. The summed E-state index contributed by atoms with van der Waals surface area (Å²) in [6, 6.07) is 0.340. The second-order valence-corrected chi connectivity index (χ2v) is 5.69. The largest absolute Gasteiger partial charge is 0.327 e. The smallest absolute Gasteiger partial charge is 0.00977 e. The molecule has 86 valence electrons. The third-order valence-electron chi connectivity index (χ3n) is 4.24. The number of rotatable bonds is 6. The molecule has 0 fully saturated rings. The van der Waals surface area contributed by atoms with Gasteiger partial charge in [0.15, 0.2) is 0 Å². The van der Waals surface area contributed by atoms with Crippen LogP contribution in [0.4, 0.5) is 0 Å². The lowest BCUT2D eigenvalue weighted by Gasteiger charge is -2.38. The highest BCUT2D eigenvalue weighted by molar-refractivity contribution is 4.87. The SMILES string of the molecule is CCC(C)(C)CC(N)C(C)(CC)CC. The highest BCUT2D eigenvalue weighted by Gasteiger charge is 2.31. The van der Waals surface area contributed by atoms with Gasteiger partial charge >= 0.3 is 0 Å². The van der Waals surface area contributed by atoms with Crippen LogP contribution in [0.2, 0.25) is 0 Å². The first-order valence-electron chi connectivity index (χ1n) is 6.07. The van der Waals surface area contributed by atoms with E-state index >= 15 is 0 Å². The zero-order valence-corrected chi connectivity index (χ0v) is 11.0. The highest BCUT2D eigenvalue weighted by atomic mass is 14.7. The number of hydrogen-bond acceptors (Lipinski definition) is 1. The van der Waals surface area contributed by atoms with Crippen LogP contribution in [0.25, 0.3) is 0 Å². The fourth-order valence-corrected chi connectivity index (χ4v) is 1.76. The zero-order chi connectivity index (χ0) is 11.4. The lowest BCUT2D eigenvalue weighted by Crippen LogP contribution is -2.41. The van der Waals surface area contributed by atoms with Crippen molar-refractivity contribution in [3.8, 4) is 0 Å². The molecule has 0 saturated heterocycles. The van der Waals surface area contributed by atoms with Crippen molar-refractivity contribution in [2.24, 2.45) is 16.6 Å². The van der Waals surface area contributed by atoms with E-state index in [1.807, 2.05) is 0 Å². The fraction of sp³-hybridized carbons (Fsp3) is 1.00. The van der Waals surface area contributed by atoms with Gasteiger partial charge in [0.2, 0.25) is 0 Å². The van der Waals surface area contributed by atoms with E-state index in [0.29, 0.717) is 16.9 Å². The minimum atomic E-state index is 0.326. The molecule has 2 N–H and O–H groups in total. The molecule has 0 heterocycles. The molecule has 0 aromatic heterocycles. The van der Waals surface area contributed by atoms with Crippen LogP contribution in [0, 0.1) is 10.8 Å². The summed E-state index contributed by atoms with van der Waals surface area (Å²) in [5.74, 6) is 0. The van der Waals surface area contributed by atoms with E-state index < -0.39 is 0 Å². The van der Waals surface area contributed by atoms with Gasteiger partial charge in [0.25, 0.3) is 0 Å². The van der Waals surface area contributed by atoms with Gasteiger partial charge in [-0.2, -0.15) is 0 Å². The number of nitrogens with two attached hydrogens (primary N) is 1. The molecule has 0 bridgehead atoms. The third-order valence-corrected chi connectivity index (χ3v) is 4.24. The van der Waals surface area contributed by atoms with Gasteiger partial charge in [0.05, 0.1) is 0 Å². The minimum Gasteiger partial charge on any atom is -0.327 e. The molecule has 1 atom stereocenters. The molecule has 0 saturated carbocycles. The molecule has 14 heavy (non-hydrogen) atoms. The van der Waals surface area contributed by atoms with E-state index in [2.05, 4.69) is 41.5 Å². The molecule has 0 amide bonds. The third kappa shape index (κ3) is 3.61. The van der Waals surface area contributed by atoms with Gasteiger partial charge < -0.3 is 5.73 Å². The summed E-state index contributed by atoms with van der Waals surface area (Å²) in [6.45, 7) is 13.7. The quantitative estimate of drug-likeness (QED) is 0.688. The van der Waals surface area contributed by atoms with Gasteiger partial charge in [-0.25, -0.2) is 0 Å². The lowest BCUT2D eigenvalue weighted by molar-refractivity contribution is 0.167. The molecule has 0 aromatic rings. The zero-order valence-electron chi connectivity index (χ0n) is 11.0. The molecule has 1 heteroatoms. The molecule has 0 rings (SSSR count). The second kappa shape index (κ2) is 5.16. The summed E-state index contributed by atoms with van der Waals surface area (Å²) >= 11 is 0. The highest BCUT2D eigenvalue weighted by Crippen LogP contribution is 2.36. The molecular weight excluding hydrogens is 170 g/mol. The Bertz CT molecular complexity index is 157. The Morgan fingerprint density at radius 1 is 0.929 bits per heavy atom. The summed E-state index contributed by atoms with van der Waals surface area (Å²) in [5.41, 5.74) is 7.05. The van der Waals surface area contributed by atoms with Gasteiger partial charge in [-0.15, -0.1) is 0 Å². The second-order valence-electron chi connectivity index (χ2n) is 5.69. The lowest BCUT2D eigenvalue weighted by atomic mass is 9.71. The average molecular weight is 199 g/mol. The van der Waals surface area contributed by atoms with Gasteiger partial charge in [-0.1, -0.05) is 48.0 Å². The van der Waals surface area contributed by atoms with Crippen LogP contribution in [-0.4, -0.2) is 6.04 Å². The van der Waals surface area contributed by atoms with Crippen molar-refractivity contribution in [1.82, 2.24) is 0 Å². The Morgan fingerprint density at radius 2 is 1.36 bits per heavy atom. The topological polar surface area (TPSA) is 26.0 Å². The molecule has 1 unspecified atom stereocenters. The van der Waals surface area contributed by atoms with E-state index in [9.17, 15) is 0 Å². The van der Waals surface area contributed by atoms with Crippen LogP contribution in [0.3, 0.4) is 0 Å². The number of hydrogen-bond donors (Lipinski definition) is 1. The van der Waals surface area contributed by atoms with Crippen molar-refractivity contribution in [3.05, 3.63) is 0 Å². The van der Waals surface area contributed by atoms with Crippen LogP contribution in [0.5, 0.6) is 0 Å². The van der Waals surface area contributed by atoms with Crippen molar-refractivity contribution in [2.45, 2.75) is 73.3 Å². The first-order chi connectivity index (χ1) is 6.31. The Balaban J connectivity index is 4.39. The molecule has 0 aromatic carbocycles. The van der Waals surface area contributed by atoms with Crippen molar-refractivity contribution >= 4 is 0 Å². The first kappa shape index (κ1) is 14.0. The molecule has 0 aliphatic rings. The predicted molar refractivity (Wildman–Crippen MR) is 65.4 cm³/mol. The van der Waals surface area contributed by atoms with Crippen LogP contribution >= 0.6 is 0 Å². The maximum absolute atomic E-state index is 6.33. The van der Waals surface area contributed by atoms with Crippen LogP contribution < -0.4 is 5.73 Å². The summed E-state index contributed by atoms with van der Waals surface area (Å²) in [6.07, 6.45) is 4.72.